The van der Waals surface area contributed by atoms with Crippen LogP contribution in [0.3, 0.4) is 0 Å². The average Bonchev–Trinajstić information content (AvgIpc) is 2.84. The van der Waals surface area contributed by atoms with E-state index in [2.05, 4.69) is 67.3 Å². The van der Waals surface area contributed by atoms with Crippen LogP contribution in [0.4, 0.5) is 0 Å². The Morgan fingerprint density at radius 3 is 1.81 bits per heavy atom. The highest BCUT2D eigenvalue weighted by Gasteiger charge is 2.35. The van der Waals surface area contributed by atoms with E-state index in [9.17, 15) is 0 Å². The van der Waals surface area contributed by atoms with Crippen LogP contribution in [0.2, 0.25) is 0 Å². The van der Waals surface area contributed by atoms with Crippen molar-refractivity contribution in [2.75, 3.05) is 0 Å². The van der Waals surface area contributed by atoms with E-state index >= 15 is 0 Å². The van der Waals surface area contributed by atoms with Crippen LogP contribution in [0.1, 0.15) is 105 Å². The summed E-state index contributed by atoms with van der Waals surface area (Å²) in [4.78, 5) is 8.83. The van der Waals surface area contributed by atoms with Crippen LogP contribution < -0.4 is 0 Å². The number of aromatic nitrogens is 2. The lowest BCUT2D eigenvalue weighted by Crippen LogP contribution is -2.24. The predicted molar refractivity (Wildman–Crippen MR) is 93.2 cm³/mol. The monoisotopic (exact) mass is 292 g/mol. The quantitative estimate of drug-likeness (QED) is 0.698. The molecular formula is C19H36N2. The molecule has 1 heterocycles. The van der Waals surface area contributed by atoms with Crippen LogP contribution in [0.15, 0.2) is 0 Å². The Kier molecular flexibility index (Phi) is 5.34. The maximum atomic E-state index is 5.09. The first kappa shape index (κ1) is 18.3. The zero-order valence-corrected chi connectivity index (χ0v) is 15.8. The highest BCUT2D eigenvalue weighted by Crippen LogP contribution is 2.38. The van der Waals surface area contributed by atoms with Crippen molar-refractivity contribution in [1.82, 2.24) is 9.97 Å². The molecule has 0 radical (unpaired) electrons. The average molecular weight is 293 g/mol. The molecule has 2 nitrogen and oxygen atoms in total. The summed E-state index contributed by atoms with van der Waals surface area (Å²) in [5.41, 5.74) is 2.99. The van der Waals surface area contributed by atoms with E-state index in [-0.39, 0.29) is 16.2 Å². The summed E-state index contributed by atoms with van der Waals surface area (Å²) in [7, 11) is 0. The molecule has 0 aliphatic rings. The molecule has 0 unspecified atom stereocenters. The third-order valence-corrected chi connectivity index (χ3v) is 5.10. The second-order valence-corrected chi connectivity index (χ2v) is 8.46. The predicted octanol–water partition coefficient (Wildman–Crippen LogP) is 5.86. The molecule has 0 fully saturated rings. The Morgan fingerprint density at radius 2 is 1.43 bits per heavy atom. The molecule has 21 heavy (non-hydrogen) atoms. The van der Waals surface area contributed by atoms with Gasteiger partial charge >= 0.3 is 0 Å². The highest BCUT2D eigenvalue weighted by molar-refractivity contribution is 5.30. The Hall–Kier alpha value is -0.790. The normalized spacial score (nSPS) is 13.8. The Labute approximate surface area is 132 Å². The van der Waals surface area contributed by atoms with Gasteiger partial charge in [0.2, 0.25) is 0 Å². The Bertz CT molecular complexity index is 456. The largest absolute Gasteiger partial charge is 0.345 e. The van der Waals surface area contributed by atoms with Gasteiger partial charge in [-0.15, -0.1) is 0 Å². The van der Waals surface area contributed by atoms with Crippen LogP contribution >= 0.6 is 0 Å². The first-order valence-corrected chi connectivity index (χ1v) is 8.63. The molecule has 0 spiro atoms. The van der Waals surface area contributed by atoms with E-state index in [4.69, 9.17) is 4.98 Å². The van der Waals surface area contributed by atoms with Crippen molar-refractivity contribution in [3.05, 3.63) is 17.2 Å². The topological polar surface area (TPSA) is 28.7 Å². The van der Waals surface area contributed by atoms with Crippen molar-refractivity contribution < 1.29 is 0 Å². The van der Waals surface area contributed by atoms with Gasteiger partial charge in [-0.3, -0.25) is 0 Å². The van der Waals surface area contributed by atoms with E-state index in [0.717, 1.165) is 12.8 Å². The molecule has 1 rings (SSSR count). The standard InChI is InChI=1S/C19H36N2/c1-10-13-18(7,8)15-14(17(4,5)6)20-16(21-15)19(9,11-2)12-3/h10-13H2,1-9H3,(H,20,21). The SMILES string of the molecule is CCCC(C)(C)c1[nH]c(C(C)(CC)CC)nc1C(C)(C)C. The number of imidazole rings is 1. The number of aromatic amines is 1. The molecule has 0 atom stereocenters. The van der Waals surface area contributed by atoms with Gasteiger partial charge in [-0.2, -0.15) is 0 Å². The van der Waals surface area contributed by atoms with Gasteiger partial charge in [-0.25, -0.2) is 4.98 Å². The molecule has 0 aromatic carbocycles. The first-order chi connectivity index (χ1) is 9.51. The van der Waals surface area contributed by atoms with Crippen LogP contribution in [-0.2, 0) is 16.2 Å². The summed E-state index contributed by atoms with van der Waals surface area (Å²) in [5.74, 6) is 1.18. The fourth-order valence-electron chi connectivity index (χ4n) is 3.03. The minimum absolute atomic E-state index is 0.0808. The molecule has 122 valence electrons. The summed E-state index contributed by atoms with van der Waals surface area (Å²) in [6.07, 6.45) is 4.62. The van der Waals surface area contributed by atoms with E-state index in [0.29, 0.717) is 0 Å². The molecule has 1 aromatic rings. The van der Waals surface area contributed by atoms with Crippen molar-refractivity contribution in [2.24, 2.45) is 0 Å². The molecule has 0 saturated heterocycles. The molecule has 1 aromatic heterocycles. The Balaban J connectivity index is 3.46. The third kappa shape index (κ3) is 3.70. The van der Waals surface area contributed by atoms with Crippen molar-refractivity contribution in [1.29, 1.82) is 0 Å². The van der Waals surface area contributed by atoms with Gasteiger partial charge in [0.1, 0.15) is 5.82 Å². The zero-order chi connectivity index (χ0) is 16.5. The molecule has 0 bridgehead atoms. The van der Waals surface area contributed by atoms with E-state index in [1.165, 1.54) is 30.1 Å². The molecule has 2 heteroatoms. The van der Waals surface area contributed by atoms with E-state index in [1.807, 2.05) is 0 Å². The maximum Gasteiger partial charge on any atom is 0.112 e. The lowest BCUT2D eigenvalue weighted by molar-refractivity contribution is 0.409. The summed E-state index contributed by atoms with van der Waals surface area (Å²) in [6, 6.07) is 0. The van der Waals surface area contributed by atoms with Crippen molar-refractivity contribution in [3.8, 4) is 0 Å². The summed E-state index contributed by atoms with van der Waals surface area (Å²) >= 11 is 0. The lowest BCUT2D eigenvalue weighted by atomic mass is 9.78. The third-order valence-electron chi connectivity index (χ3n) is 5.10. The summed E-state index contributed by atoms with van der Waals surface area (Å²) in [6.45, 7) is 20.6. The minimum Gasteiger partial charge on any atom is -0.345 e. The number of hydrogen-bond acceptors (Lipinski definition) is 1. The van der Waals surface area contributed by atoms with Crippen molar-refractivity contribution in [3.63, 3.8) is 0 Å². The molecular weight excluding hydrogens is 256 g/mol. The van der Waals surface area contributed by atoms with Crippen molar-refractivity contribution in [2.45, 2.75) is 104 Å². The Morgan fingerprint density at radius 1 is 0.905 bits per heavy atom. The van der Waals surface area contributed by atoms with Crippen LogP contribution in [0.25, 0.3) is 0 Å². The second kappa shape index (κ2) is 6.14. The smallest absolute Gasteiger partial charge is 0.112 e. The van der Waals surface area contributed by atoms with E-state index in [1.54, 1.807) is 0 Å². The van der Waals surface area contributed by atoms with Crippen molar-refractivity contribution >= 4 is 0 Å². The number of nitrogens with one attached hydrogen (secondary N) is 1. The molecule has 0 aliphatic heterocycles. The van der Waals surface area contributed by atoms with Gasteiger partial charge in [0.25, 0.3) is 0 Å². The summed E-state index contributed by atoms with van der Waals surface area (Å²) < 4.78 is 0. The minimum atomic E-state index is 0.0808. The van der Waals surface area contributed by atoms with Gasteiger partial charge < -0.3 is 4.98 Å². The maximum absolute atomic E-state index is 5.09. The van der Waals surface area contributed by atoms with Gasteiger partial charge in [-0.1, -0.05) is 68.7 Å². The first-order valence-electron chi connectivity index (χ1n) is 8.63. The van der Waals surface area contributed by atoms with Gasteiger partial charge in [0.15, 0.2) is 0 Å². The van der Waals surface area contributed by atoms with Crippen LogP contribution in [-0.4, -0.2) is 9.97 Å². The fourth-order valence-corrected chi connectivity index (χ4v) is 3.03. The van der Waals surface area contributed by atoms with E-state index < -0.39 is 0 Å². The number of hydrogen-bond donors (Lipinski definition) is 1. The van der Waals surface area contributed by atoms with Gasteiger partial charge in [0, 0.05) is 21.9 Å². The van der Waals surface area contributed by atoms with Crippen LogP contribution in [0.5, 0.6) is 0 Å². The number of rotatable bonds is 6. The lowest BCUT2D eigenvalue weighted by Gasteiger charge is -2.28. The summed E-state index contributed by atoms with van der Waals surface area (Å²) in [5, 5.41) is 0. The molecule has 0 saturated carbocycles. The molecule has 0 aliphatic carbocycles. The number of nitrogens with zero attached hydrogens (tertiary/aromatic N) is 1. The molecule has 1 N–H and O–H groups in total. The zero-order valence-electron chi connectivity index (χ0n) is 15.8. The van der Waals surface area contributed by atoms with Gasteiger partial charge in [0.05, 0.1) is 5.69 Å². The highest BCUT2D eigenvalue weighted by atomic mass is 15.0. The second-order valence-electron chi connectivity index (χ2n) is 8.46. The van der Waals surface area contributed by atoms with Crippen LogP contribution in [0, 0.1) is 0 Å². The van der Waals surface area contributed by atoms with Gasteiger partial charge in [-0.05, 0) is 19.3 Å². The fraction of sp³-hybridized carbons (Fsp3) is 0.842. The number of H-pyrrole nitrogens is 1. The molecule has 0 amide bonds.